The smallest absolute Gasteiger partial charge is 0.286 e. The van der Waals surface area contributed by atoms with Crippen molar-refractivity contribution in [3.05, 3.63) is 52.5 Å². The Kier molecular flexibility index (Phi) is 8.02. The second kappa shape index (κ2) is 10.9. The third-order valence-electron chi connectivity index (χ3n) is 6.26. The van der Waals surface area contributed by atoms with Crippen molar-refractivity contribution in [2.24, 2.45) is 5.92 Å². The van der Waals surface area contributed by atoms with Gasteiger partial charge in [0.1, 0.15) is 11.5 Å². The van der Waals surface area contributed by atoms with Crippen LogP contribution in [0.1, 0.15) is 25.3 Å². The number of halogens is 1. The molecule has 2 aliphatic heterocycles. The SMILES string of the molecule is CCOc1ccc(Br)c(CC2CCN(CC3CN(c4ccc(OC)cc4)C(=O)S3)CC2)c1. The van der Waals surface area contributed by atoms with Gasteiger partial charge < -0.3 is 19.3 Å². The maximum absolute atomic E-state index is 12.6. The van der Waals surface area contributed by atoms with E-state index in [1.165, 1.54) is 34.6 Å². The molecule has 0 saturated carbocycles. The summed E-state index contributed by atoms with van der Waals surface area (Å²) < 4.78 is 12.1. The summed E-state index contributed by atoms with van der Waals surface area (Å²) in [6, 6.07) is 14.0. The van der Waals surface area contributed by atoms with E-state index >= 15 is 0 Å². The van der Waals surface area contributed by atoms with Gasteiger partial charge >= 0.3 is 0 Å². The van der Waals surface area contributed by atoms with Crippen LogP contribution < -0.4 is 14.4 Å². The van der Waals surface area contributed by atoms with Crippen molar-refractivity contribution in [1.29, 1.82) is 0 Å². The number of hydrogen-bond acceptors (Lipinski definition) is 5. The van der Waals surface area contributed by atoms with Gasteiger partial charge in [-0.1, -0.05) is 27.7 Å². The molecule has 2 fully saturated rings. The molecule has 0 radical (unpaired) electrons. The molecule has 0 bridgehead atoms. The van der Waals surface area contributed by atoms with Crippen LogP contribution in [0.2, 0.25) is 0 Å². The molecular formula is C25H31BrN2O3S. The first-order chi connectivity index (χ1) is 15.6. The molecule has 0 N–H and O–H groups in total. The summed E-state index contributed by atoms with van der Waals surface area (Å²) in [6.45, 7) is 6.65. The molecule has 2 saturated heterocycles. The van der Waals surface area contributed by atoms with E-state index in [0.29, 0.717) is 17.8 Å². The van der Waals surface area contributed by atoms with E-state index in [0.717, 1.165) is 49.8 Å². The highest BCUT2D eigenvalue weighted by Gasteiger charge is 2.33. The molecule has 0 aliphatic carbocycles. The number of ether oxygens (including phenoxy) is 2. The highest BCUT2D eigenvalue weighted by molar-refractivity contribution is 9.10. The Hall–Kier alpha value is -1.70. The zero-order valence-corrected chi connectivity index (χ0v) is 21.2. The summed E-state index contributed by atoms with van der Waals surface area (Å²) in [7, 11) is 1.65. The van der Waals surface area contributed by atoms with Gasteiger partial charge in [-0.05, 0) is 93.2 Å². The Labute approximate surface area is 203 Å². The van der Waals surface area contributed by atoms with Crippen molar-refractivity contribution in [1.82, 2.24) is 4.90 Å². The van der Waals surface area contributed by atoms with Crippen LogP contribution in [-0.4, -0.2) is 55.3 Å². The quantitative estimate of drug-likeness (QED) is 0.438. The standard InChI is InChI=1S/C25H31BrN2O3S/c1-3-31-22-8-9-24(26)19(15-22)14-18-10-12-27(13-11-18)16-23-17-28(25(29)32-23)20-4-6-21(30-2)7-5-20/h4-9,15,18,23H,3,10-14,16-17H2,1-2H3. The van der Waals surface area contributed by atoms with E-state index in [4.69, 9.17) is 9.47 Å². The second-order valence-corrected chi connectivity index (χ2v) is 10.6. The molecule has 2 aliphatic rings. The summed E-state index contributed by atoms with van der Waals surface area (Å²) in [5, 5.41) is 0.465. The first-order valence-electron chi connectivity index (χ1n) is 11.3. The highest BCUT2D eigenvalue weighted by atomic mass is 79.9. The number of hydrogen-bond donors (Lipinski definition) is 0. The van der Waals surface area contributed by atoms with Crippen LogP contribution in [0, 0.1) is 5.92 Å². The molecule has 4 rings (SSSR count). The first-order valence-corrected chi connectivity index (χ1v) is 13.0. The van der Waals surface area contributed by atoms with Crippen LogP contribution in [0.15, 0.2) is 46.9 Å². The van der Waals surface area contributed by atoms with Crippen molar-refractivity contribution in [2.45, 2.75) is 31.4 Å². The summed E-state index contributed by atoms with van der Waals surface area (Å²) in [6.07, 6.45) is 3.47. The molecule has 0 aromatic heterocycles. The molecule has 1 unspecified atom stereocenters. The van der Waals surface area contributed by atoms with Gasteiger partial charge in [-0.15, -0.1) is 0 Å². The molecule has 2 heterocycles. The number of rotatable bonds is 8. The lowest BCUT2D eigenvalue weighted by atomic mass is 9.90. The van der Waals surface area contributed by atoms with Crippen LogP contribution in [0.25, 0.3) is 0 Å². The number of carbonyl (C=O) groups excluding carboxylic acids is 1. The van der Waals surface area contributed by atoms with Crippen molar-refractivity contribution >= 4 is 38.6 Å². The second-order valence-electron chi connectivity index (χ2n) is 8.45. The Bertz CT molecular complexity index is 916. The third-order valence-corrected chi connectivity index (χ3v) is 8.09. The van der Waals surface area contributed by atoms with Gasteiger partial charge in [0.15, 0.2) is 0 Å². The predicted molar refractivity (Wildman–Crippen MR) is 135 cm³/mol. The number of methoxy groups -OCH3 is 1. The molecular weight excluding hydrogens is 488 g/mol. The van der Waals surface area contributed by atoms with Crippen LogP contribution in [0.4, 0.5) is 10.5 Å². The topological polar surface area (TPSA) is 42.0 Å². The Morgan fingerprint density at radius 2 is 1.81 bits per heavy atom. The van der Waals surface area contributed by atoms with E-state index < -0.39 is 0 Å². The van der Waals surface area contributed by atoms with Gasteiger partial charge in [0.05, 0.1) is 13.7 Å². The van der Waals surface area contributed by atoms with Gasteiger partial charge in [-0.3, -0.25) is 4.79 Å². The van der Waals surface area contributed by atoms with Crippen LogP contribution in [-0.2, 0) is 6.42 Å². The largest absolute Gasteiger partial charge is 0.497 e. The van der Waals surface area contributed by atoms with Crippen molar-refractivity contribution in [2.75, 3.05) is 44.8 Å². The van der Waals surface area contributed by atoms with Crippen LogP contribution >= 0.6 is 27.7 Å². The van der Waals surface area contributed by atoms with E-state index in [1.807, 2.05) is 42.2 Å². The van der Waals surface area contributed by atoms with Crippen LogP contribution in [0.5, 0.6) is 11.5 Å². The Morgan fingerprint density at radius 3 is 2.50 bits per heavy atom. The normalized spacial score (nSPS) is 20.0. The van der Waals surface area contributed by atoms with Gasteiger partial charge in [0.25, 0.3) is 5.24 Å². The monoisotopic (exact) mass is 518 g/mol. The summed E-state index contributed by atoms with van der Waals surface area (Å²) >= 11 is 5.18. The van der Waals surface area contributed by atoms with E-state index in [1.54, 1.807) is 7.11 Å². The number of piperidine rings is 1. The molecule has 5 nitrogen and oxygen atoms in total. The van der Waals surface area contributed by atoms with Gasteiger partial charge in [-0.2, -0.15) is 0 Å². The van der Waals surface area contributed by atoms with E-state index in [2.05, 4.69) is 33.0 Å². The lowest BCUT2D eigenvalue weighted by molar-refractivity contribution is 0.185. The molecule has 32 heavy (non-hydrogen) atoms. The van der Waals surface area contributed by atoms with Gasteiger partial charge in [-0.25, -0.2) is 0 Å². The number of likely N-dealkylation sites (tertiary alicyclic amines) is 1. The summed E-state index contributed by atoms with van der Waals surface area (Å²) in [5.41, 5.74) is 2.28. The van der Waals surface area contributed by atoms with Gasteiger partial charge in [0.2, 0.25) is 0 Å². The van der Waals surface area contributed by atoms with E-state index in [-0.39, 0.29) is 5.24 Å². The summed E-state index contributed by atoms with van der Waals surface area (Å²) in [5.74, 6) is 2.45. The fourth-order valence-corrected chi connectivity index (χ4v) is 6.04. The Morgan fingerprint density at radius 1 is 1.09 bits per heavy atom. The number of carbonyl (C=O) groups is 1. The maximum Gasteiger partial charge on any atom is 0.286 e. The first kappa shape index (κ1) is 23.5. The van der Waals surface area contributed by atoms with Crippen molar-refractivity contribution in [3.8, 4) is 11.5 Å². The maximum atomic E-state index is 12.6. The molecule has 1 atom stereocenters. The third kappa shape index (κ3) is 5.80. The minimum Gasteiger partial charge on any atom is -0.497 e. The number of benzene rings is 2. The number of thioether (sulfide) groups is 1. The van der Waals surface area contributed by atoms with Crippen LogP contribution in [0.3, 0.4) is 0 Å². The van der Waals surface area contributed by atoms with Crippen molar-refractivity contribution in [3.63, 3.8) is 0 Å². The average molecular weight is 520 g/mol. The zero-order valence-electron chi connectivity index (χ0n) is 18.8. The van der Waals surface area contributed by atoms with E-state index in [9.17, 15) is 4.79 Å². The average Bonchev–Trinajstić information content (AvgIpc) is 3.17. The zero-order chi connectivity index (χ0) is 22.5. The molecule has 172 valence electrons. The fraction of sp³-hybridized carbons (Fsp3) is 0.480. The molecule has 7 heteroatoms. The Balaban J connectivity index is 1.26. The lowest BCUT2D eigenvalue weighted by Gasteiger charge is -2.33. The number of nitrogens with zero attached hydrogens (tertiary/aromatic N) is 2. The van der Waals surface area contributed by atoms with Crippen molar-refractivity contribution < 1.29 is 14.3 Å². The molecule has 1 amide bonds. The minimum absolute atomic E-state index is 0.147. The molecule has 2 aromatic carbocycles. The lowest BCUT2D eigenvalue weighted by Crippen LogP contribution is -2.39. The predicted octanol–water partition coefficient (Wildman–Crippen LogP) is 5.85. The fourth-order valence-electron chi connectivity index (χ4n) is 4.53. The molecule has 2 aromatic rings. The highest BCUT2D eigenvalue weighted by Crippen LogP contribution is 2.33. The number of amides is 1. The summed E-state index contributed by atoms with van der Waals surface area (Å²) in [4.78, 5) is 17.0. The molecule has 0 spiro atoms. The van der Waals surface area contributed by atoms with Gasteiger partial charge in [0, 0.05) is 28.5 Å². The minimum atomic E-state index is 0.147. The number of anilines is 1.